The highest BCUT2D eigenvalue weighted by Gasteiger charge is 2.15. The van der Waals surface area contributed by atoms with Crippen LogP contribution in [0.25, 0.3) is 11.0 Å². The predicted molar refractivity (Wildman–Crippen MR) is 90.6 cm³/mol. The van der Waals surface area contributed by atoms with Crippen molar-refractivity contribution in [2.75, 3.05) is 5.32 Å². The molecule has 3 rings (SSSR count). The predicted octanol–water partition coefficient (Wildman–Crippen LogP) is 3.27. The van der Waals surface area contributed by atoms with Crippen LogP contribution in [0.3, 0.4) is 0 Å². The molecule has 0 amide bonds. The van der Waals surface area contributed by atoms with Gasteiger partial charge in [-0.05, 0) is 36.8 Å². The fraction of sp³-hybridized carbons (Fsp3) is 0.176. The van der Waals surface area contributed by atoms with E-state index in [1.807, 2.05) is 42.8 Å². The Morgan fingerprint density at radius 1 is 1.33 bits per heavy atom. The lowest BCUT2D eigenvalue weighted by Crippen LogP contribution is -2.07. The fourth-order valence-electron chi connectivity index (χ4n) is 2.59. The molecule has 7 heteroatoms. The Morgan fingerprint density at radius 2 is 2.12 bits per heavy atom. The quantitative estimate of drug-likeness (QED) is 0.587. The van der Waals surface area contributed by atoms with Gasteiger partial charge in [-0.25, -0.2) is 4.98 Å². The second-order valence-corrected chi connectivity index (χ2v) is 5.53. The van der Waals surface area contributed by atoms with Crippen LogP contribution in [0.2, 0.25) is 0 Å². The molecule has 7 nitrogen and oxygen atoms in total. The summed E-state index contributed by atoms with van der Waals surface area (Å²) >= 11 is 0. The summed E-state index contributed by atoms with van der Waals surface area (Å²) in [5, 5.41) is 23.1. The van der Waals surface area contributed by atoms with Crippen molar-refractivity contribution in [2.24, 2.45) is 7.05 Å². The lowest BCUT2D eigenvalue weighted by atomic mass is 10.2. The molecule has 0 fully saturated rings. The Morgan fingerprint density at radius 3 is 2.83 bits per heavy atom. The van der Waals surface area contributed by atoms with Gasteiger partial charge in [-0.2, -0.15) is 5.26 Å². The second-order valence-electron chi connectivity index (χ2n) is 5.53. The average molecular weight is 321 g/mol. The maximum atomic E-state index is 11.2. The smallest absolute Gasteiger partial charge is 0.293 e. The molecule has 0 bridgehead atoms. The van der Waals surface area contributed by atoms with Crippen LogP contribution in [-0.2, 0) is 13.6 Å². The zero-order chi connectivity index (χ0) is 17.3. The van der Waals surface area contributed by atoms with E-state index < -0.39 is 4.92 Å². The van der Waals surface area contributed by atoms with Crippen LogP contribution in [0.1, 0.15) is 17.0 Å². The number of hydrogen-bond acceptors (Lipinski definition) is 5. The summed E-state index contributed by atoms with van der Waals surface area (Å²) in [5.74, 6) is 0.772. The van der Waals surface area contributed by atoms with E-state index in [2.05, 4.69) is 10.3 Å². The lowest BCUT2D eigenvalue weighted by molar-refractivity contribution is -0.384. The van der Waals surface area contributed by atoms with Crippen molar-refractivity contribution in [2.45, 2.75) is 13.5 Å². The maximum absolute atomic E-state index is 11.2. The van der Waals surface area contributed by atoms with Gasteiger partial charge in [0, 0.05) is 13.1 Å². The molecule has 0 unspecified atom stereocenters. The minimum absolute atomic E-state index is 0.122. The van der Waals surface area contributed by atoms with Crippen molar-refractivity contribution in [3.05, 3.63) is 63.5 Å². The highest BCUT2D eigenvalue weighted by Crippen LogP contribution is 2.26. The Hall–Kier alpha value is -3.40. The fourth-order valence-corrected chi connectivity index (χ4v) is 2.59. The number of nitrogens with zero attached hydrogens (tertiary/aromatic N) is 4. The summed E-state index contributed by atoms with van der Waals surface area (Å²) in [6, 6.07) is 12.3. The van der Waals surface area contributed by atoms with Gasteiger partial charge in [-0.15, -0.1) is 0 Å². The van der Waals surface area contributed by atoms with Crippen LogP contribution in [0.15, 0.2) is 36.4 Å². The number of benzene rings is 2. The summed E-state index contributed by atoms with van der Waals surface area (Å²) in [7, 11) is 1.91. The molecule has 0 aliphatic carbocycles. The number of aryl methyl sites for hydroxylation is 2. The van der Waals surface area contributed by atoms with Crippen LogP contribution in [0.5, 0.6) is 0 Å². The molecule has 1 N–H and O–H groups in total. The number of hydrogen-bond donors (Lipinski definition) is 1. The van der Waals surface area contributed by atoms with Gasteiger partial charge in [0.2, 0.25) is 0 Å². The molecule has 0 atom stereocenters. The van der Waals surface area contributed by atoms with Crippen LogP contribution in [0.4, 0.5) is 11.4 Å². The second kappa shape index (κ2) is 6.01. The van der Waals surface area contributed by atoms with Gasteiger partial charge in [0.1, 0.15) is 11.5 Å². The Kier molecular flexibility index (Phi) is 3.88. The van der Waals surface area contributed by atoms with Crippen LogP contribution >= 0.6 is 0 Å². The summed E-state index contributed by atoms with van der Waals surface area (Å²) in [6.45, 7) is 2.35. The molecule has 0 spiro atoms. The van der Waals surface area contributed by atoms with Gasteiger partial charge < -0.3 is 9.88 Å². The molecule has 3 aromatic rings. The first-order valence-electron chi connectivity index (χ1n) is 7.34. The number of anilines is 1. The van der Waals surface area contributed by atoms with Gasteiger partial charge in [0.25, 0.3) is 5.69 Å². The van der Waals surface area contributed by atoms with E-state index in [1.165, 1.54) is 6.07 Å². The molecule has 120 valence electrons. The molecule has 0 aliphatic heterocycles. The number of nitro benzene ring substituents is 1. The van der Waals surface area contributed by atoms with Gasteiger partial charge in [0.05, 0.1) is 34.1 Å². The van der Waals surface area contributed by atoms with Crippen molar-refractivity contribution in [1.82, 2.24) is 9.55 Å². The van der Waals surface area contributed by atoms with E-state index in [0.717, 1.165) is 22.4 Å². The minimum atomic E-state index is -0.499. The SMILES string of the molecule is Cc1ccc2c(c1)nc(CNc1ccc(C#N)cc1[N+](=O)[O-])n2C. The number of nitro groups is 1. The van der Waals surface area contributed by atoms with Crippen molar-refractivity contribution < 1.29 is 4.92 Å². The molecule has 0 saturated heterocycles. The Balaban J connectivity index is 1.90. The number of rotatable bonds is 4. The Labute approximate surface area is 138 Å². The topological polar surface area (TPSA) is 96.8 Å². The van der Waals surface area contributed by atoms with E-state index in [9.17, 15) is 10.1 Å². The molecule has 0 aliphatic rings. The molecular formula is C17H15N5O2. The van der Waals surface area contributed by atoms with Crippen LogP contribution in [0, 0.1) is 28.4 Å². The van der Waals surface area contributed by atoms with Gasteiger partial charge in [-0.1, -0.05) is 6.07 Å². The number of fused-ring (bicyclic) bond motifs is 1. The number of nitriles is 1. The number of imidazole rings is 1. The maximum Gasteiger partial charge on any atom is 0.293 e. The normalized spacial score (nSPS) is 10.5. The van der Waals surface area contributed by atoms with Crippen molar-refractivity contribution in [3.8, 4) is 6.07 Å². The zero-order valence-corrected chi connectivity index (χ0v) is 13.3. The minimum Gasteiger partial charge on any atom is -0.372 e. The van der Waals surface area contributed by atoms with Crippen LogP contribution in [-0.4, -0.2) is 14.5 Å². The first-order valence-corrected chi connectivity index (χ1v) is 7.34. The highest BCUT2D eigenvalue weighted by atomic mass is 16.6. The average Bonchev–Trinajstić information content (AvgIpc) is 2.88. The molecular weight excluding hydrogens is 306 g/mol. The lowest BCUT2D eigenvalue weighted by Gasteiger charge is -2.07. The Bertz CT molecular complexity index is 985. The van der Waals surface area contributed by atoms with E-state index in [4.69, 9.17) is 5.26 Å². The van der Waals surface area contributed by atoms with Gasteiger partial charge in [0.15, 0.2) is 0 Å². The largest absolute Gasteiger partial charge is 0.372 e. The van der Waals surface area contributed by atoms with Crippen molar-refractivity contribution in [1.29, 1.82) is 5.26 Å². The number of nitrogens with one attached hydrogen (secondary N) is 1. The standard InChI is InChI=1S/C17H15N5O2/c1-11-3-6-15-14(7-11)20-17(21(15)2)10-19-13-5-4-12(9-18)8-16(13)22(23)24/h3-8,19H,10H2,1-2H3. The number of aromatic nitrogens is 2. The molecule has 0 saturated carbocycles. The van der Waals surface area contributed by atoms with Gasteiger partial charge in [-0.3, -0.25) is 10.1 Å². The third-order valence-corrected chi connectivity index (χ3v) is 3.89. The first-order chi connectivity index (χ1) is 11.5. The monoisotopic (exact) mass is 321 g/mol. The summed E-state index contributed by atoms with van der Waals surface area (Å²) in [5.41, 5.74) is 3.52. The summed E-state index contributed by atoms with van der Waals surface area (Å²) in [6.07, 6.45) is 0. The molecule has 1 heterocycles. The van der Waals surface area contributed by atoms with E-state index in [0.29, 0.717) is 12.2 Å². The van der Waals surface area contributed by atoms with Crippen molar-refractivity contribution >= 4 is 22.4 Å². The van der Waals surface area contributed by atoms with Crippen molar-refractivity contribution in [3.63, 3.8) is 0 Å². The summed E-state index contributed by atoms with van der Waals surface area (Å²) < 4.78 is 1.96. The third kappa shape index (κ3) is 2.77. The highest BCUT2D eigenvalue weighted by molar-refractivity contribution is 5.77. The van der Waals surface area contributed by atoms with Crippen LogP contribution < -0.4 is 5.32 Å². The molecule has 1 aromatic heterocycles. The summed E-state index contributed by atoms with van der Waals surface area (Å²) in [4.78, 5) is 15.3. The zero-order valence-electron chi connectivity index (χ0n) is 13.3. The molecule has 2 aromatic carbocycles. The third-order valence-electron chi connectivity index (χ3n) is 3.89. The first kappa shape index (κ1) is 15.5. The van der Waals surface area contributed by atoms with Gasteiger partial charge >= 0.3 is 0 Å². The van der Waals surface area contributed by atoms with E-state index in [-0.39, 0.29) is 11.3 Å². The molecule has 24 heavy (non-hydrogen) atoms. The van der Waals surface area contributed by atoms with E-state index in [1.54, 1.807) is 12.1 Å². The van der Waals surface area contributed by atoms with E-state index >= 15 is 0 Å². The molecule has 0 radical (unpaired) electrons.